The van der Waals surface area contributed by atoms with Gasteiger partial charge in [0.1, 0.15) is 0 Å². The summed E-state index contributed by atoms with van der Waals surface area (Å²) in [4.78, 5) is 0. The second kappa shape index (κ2) is 16.3. The number of hydrogen-bond donors (Lipinski definition) is 0. The minimum absolute atomic E-state index is 0.0116. The number of benzene rings is 8. The minimum atomic E-state index is -2.28. The van der Waals surface area contributed by atoms with Crippen LogP contribution in [-0.2, 0) is 20.0 Å². The van der Waals surface area contributed by atoms with E-state index in [1.165, 1.54) is 11.1 Å². The molecule has 3 nitrogen and oxygen atoms in total. The van der Waals surface area contributed by atoms with Crippen molar-refractivity contribution in [1.82, 2.24) is 4.67 Å². The van der Waals surface area contributed by atoms with Gasteiger partial charge in [-0.3, -0.25) is 9.05 Å². The Morgan fingerprint density at radius 2 is 0.796 bits per heavy atom. The molecule has 0 spiro atoms. The van der Waals surface area contributed by atoms with Crippen molar-refractivity contribution in [2.45, 2.75) is 25.9 Å². The fraction of sp³-hybridized carbons (Fsp3) is 0.0833. The average Bonchev–Trinajstić information content (AvgIpc) is 3.43. The molecule has 0 radical (unpaired) electrons. The number of rotatable bonds is 7. The molecule has 0 amide bonds. The van der Waals surface area contributed by atoms with E-state index < -0.39 is 8.53 Å². The monoisotopic (exact) mass is 924 g/mol. The maximum absolute atomic E-state index is 7.61. The molecule has 0 fully saturated rings. The molecular formula is C48H39AuClNO2P+. The standard InChI is InChI=1S/C48H38NO2P.Au.ClH/c1-33(35-19-7-3-8-20-35)49(34(2)36-21-9-4-10-22-36)52-50-47-41-29-17-15-27-39(41)31-43(37-23-11-5-12-24-37)45(47)46-44(38-25-13-6-14-26-38)32-40-28-16-18-30-42(40)48(46)51-52;;/h3-34H,1-2H3;;1H/q;+1;/t33-,34-;;/m1../s1. The van der Waals surface area contributed by atoms with Crippen LogP contribution >= 0.6 is 17.7 Å². The zero-order chi connectivity index (χ0) is 37.0. The molecule has 0 saturated heterocycles. The number of fused-ring (bicyclic) bond motifs is 7. The van der Waals surface area contributed by atoms with Gasteiger partial charge in [0, 0.05) is 21.9 Å². The topological polar surface area (TPSA) is 21.7 Å². The van der Waals surface area contributed by atoms with Crippen LogP contribution in [0.15, 0.2) is 182 Å². The summed E-state index contributed by atoms with van der Waals surface area (Å²) >= 11 is 1.75. The molecule has 0 N–H and O–H groups in total. The molecule has 270 valence electrons. The quantitative estimate of drug-likeness (QED) is 0.117. The number of hydrogen-bond acceptors (Lipinski definition) is 3. The van der Waals surface area contributed by atoms with Crippen LogP contribution in [0.1, 0.15) is 37.1 Å². The van der Waals surface area contributed by atoms with E-state index in [9.17, 15) is 0 Å². The van der Waals surface area contributed by atoms with Crippen LogP contribution in [0.3, 0.4) is 0 Å². The Morgan fingerprint density at radius 1 is 0.463 bits per heavy atom. The van der Waals surface area contributed by atoms with E-state index in [4.69, 9.17) is 9.05 Å². The van der Waals surface area contributed by atoms with Gasteiger partial charge in [-0.25, -0.2) is 0 Å². The molecule has 0 aliphatic carbocycles. The van der Waals surface area contributed by atoms with Crippen LogP contribution < -0.4 is 9.05 Å². The summed E-state index contributed by atoms with van der Waals surface area (Å²) in [6.45, 7) is 4.56. The van der Waals surface area contributed by atoms with E-state index in [-0.39, 0.29) is 12.1 Å². The Balaban J connectivity index is 0.00000203. The van der Waals surface area contributed by atoms with E-state index in [0.29, 0.717) is 0 Å². The Bertz CT molecular complexity index is 2340. The number of halogens is 1. The van der Waals surface area contributed by atoms with E-state index in [1.807, 2.05) is 0 Å². The van der Waals surface area contributed by atoms with Crippen LogP contribution in [-0.4, -0.2) is 4.67 Å². The fourth-order valence-electron chi connectivity index (χ4n) is 7.76. The SMILES string of the molecule is C[C@H](c1ccccc1)N([C@H](C)c1ccccc1)[PH+]1Oc2c(c(-c3ccccc3)cc3ccccc23)-c2c(-c3ccccc3)cc3ccccc3c2O1.[Cl][Au]. The van der Waals surface area contributed by atoms with Gasteiger partial charge >= 0.3 is 37.7 Å². The average molecular weight is 925 g/mol. The molecular weight excluding hydrogens is 886 g/mol. The Kier molecular flexibility index (Phi) is 11.0. The zero-order valence-electron chi connectivity index (χ0n) is 29.9. The summed E-state index contributed by atoms with van der Waals surface area (Å²) in [6, 6.07) is 64.8. The molecule has 54 heavy (non-hydrogen) atoms. The third kappa shape index (κ3) is 6.89. The van der Waals surface area contributed by atoms with E-state index in [1.54, 1.807) is 20.0 Å². The van der Waals surface area contributed by atoms with Crippen molar-refractivity contribution in [3.63, 3.8) is 0 Å². The first kappa shape index (κ1) is 36.3. The van der Waals surface area contributed by atoms with Crippen molar-refractivity contribution >= 4 is 39.3 Å². The fourth-order valence-corrected chi connectivity index (χ4v) is 9.72. The van der Waals surface area contributed by atoms with E-state index >= 15 is 0 Å². The third-order valence-electron chi connectivity index (χ3n) is 10.4. The van der Waals surface area contributed by atoms with Gasteiger partial charge in [-0.1, -0.05) is 170 Å². The van der Waals surface area contributed by atoms with Crippen LogP contribution in [0.5, 0.6) is 11.5 Å². The summed E-state index contributed by atoms with van der Waals surface area (Å²) in [5.41, 5.74) is 9.05. The summed E-state index contributed by atoms with van der Waals surface area (Å²) in [7, 11) is 2.30. The van der Waals surface area contributed by atoms with Crippen molar-refractivity contribution in [3.8, 4) is 44.9 Å². The Labute approximate surface area is 334 Å². The van der Waals surface area contributed by atoms with Gasteiger partial charge in [-0.15, -0.1) is 4.67 Å². The molecule has 6 heteroatoms. The predicted octanol–water partition coefficient (Wildman–Crippen LogP) is 14.2. The van der Waals surface area contributed by atoms with Crippen molar-refractivity contribution in [2.75, 3.05) is 0 Å². The van der Waals surface area contributed by atoms with Gasteiger partial charge in [-0.05, 0) is 70.1 Å². The Hall–Kier alpha value is -4.70. The second-order valence-corrected chi connectivity index (χ2v) is 14.9. The Morgan fingerprint density at radius 3 is 1.19 bits per heavy atom. The van der Waals surface area contributed by atoms with Crippen molar-refractivity contribution < 1.29 is 29.0 Å². The van der Waals surface area contributed by atoms with Crippen LogP contribution in [0.25, 0.3) is 54.9 Å². The summed E-state index contributed by atoms with van der Waals surface area (Å²) < 4.78 is 17.7. The van der Waals surface area contributed by atoms with Gasteiger partial charge in [0.05, 0.1) is 12.1 Å². The van der Waals surface area contributed by atoms with E-state index in [2.05, 4.69) is 210 Å². The molecule has 1 aliphatic heterocycles. The second-order valence-electron chi connectivity index (χ2n) is 13.5. The number of nitrogens with zero attached hydrogens (tertiary/aromatic N) is 1. The first-order chi connectivity index (χ1) is 26.7. The molecule has 8 aromatic rings. The zero-order valence-corrected chi connectivity index (χ0v) is 33.8. The molecule has 2 atom stereocenters. The molecule has 0 bridgehead atoms. The summed E-state index contributed by atoms with van der Waals surface area (Å²) in [5, 5.41) is 4.40. The van der Waals surface area contributed by atoms with Crippen LogP contribution in [0.4, 0.5) is 0 Å². The van der Waals surface area contributed by atoms with Gasteiger partial charge < -0.3 is 0 Å². The van der Waals surface area contributed by atoms with Gasteiger partial charge in [0.15, 0.2) is 11.5 Å². The van der Waals surface area contributed by atoms with Gasteiger partial charge in [0.25, 0.3) is 0 Å². The van der Waals surface area contributed by atoms with Crippen molar-refractivity contribution in [2.24, 2.45) is 0 Å². The van der Waals surface area contributed by atoms with E-state index in [0.717, 1.165) is 66.4 Å². The molecule has 0 aromatic heterocycles. The van der Waals surface area contributed by atoms with Gasteiger partial charge in [0.2, 0.25) is 0 Å². The summed E-state index contributed by atoms with van der Waals surface area (Å²) in [5.74, 6) is 1.73. The molecule has 9 rings (SSSR count). The van der Waals surface area contributed by atoms with Crippen LogP contribution in [0.2, 0.25) is 0 Å². The molecule has 0 unspecified atom stereocenters. The first-order valence-corrected chi connectivity index (χ1v) is 22.1. The third-order valence-corrected chi connectivity index (χ3v) is 12.4. The maximum atomic E-state index is 7.61. The molecule has 8 aromatic carbocycles. The molecule has 1 aliphatic rings. The predicted molar refractivity (Wildman–Crippen MR) is 225 cm³/mol. The van der Waals surface area contributed by atoms with Gasteiger partial charge in [-0.2, -0.15) is 0 Å². The first-order valence-electron chi connectivity index (χ1n) is 18.1. The van der Waals surface area contributed by atoms with Crippen molar-refractivity contribution in [1.29, 1.82) is 0 Å². The van der Waals surface area contributed by atoms with Crippen molar-refractivity contribution in [3.05, 3.63) is 193 Å². The molecule has 1 heterocycles. The molecule has 0 saturated carbocycles. The normalized spacial score (nSPS) is 13.4. The van der Waals surface area contributed by atoms with Crippen LogP contribution in [0, 0.1) is 0 Å². The summed E-state index contributed by atoms with van der Waals surface area (Å²) in [6.07, 6.45) is 0.